The fraction of sp³-hybridized carbons (Fsp3) is 0.923. The van der Waals surface area contributed by atoms with Crippen molar-refractivity contribution in [2.24, 2.45) is 11.8 Å². The smallest absolute Gasteiger partial charge is 0.310 e. The summed E-state index contributed by atoms with van der Waals surface area (Å²) in [6.07, 6.45) is 3.33. The third-order valence-corrected chi connectivity index (χ3v) is 3.39. The first kappa shape index (κ1) is 13.5. The van der Waals surface area contributed by atoms with Gasteiger partial charge in [0.15, 0.2) is 0 Å². The van der Waals surface area contributed by atoms with Crippen LogP contribution in [-0.4, -0.2) is 37.1 Å². The lowest BCUT2D eigenvalue weighted by molar-refractivity contribution is -0.150. The van der Waals surface area contributed by atoms with Crippen LogP contribution in [0.1, 0.15) is 40.0 Å². The van der Waals surface area contributed by atoms with Gasteiger partial charge in [-0.25, -0.2) is 0 Å². The SMILES string of the molecule is CCOC(=O)C1CCCN(CC(C)CC)C1. The minimum atomic E-state index is -0.00338. The van der Waals surface area contributed by atoms with Gasteiger partial charge in [-0.15, -0.1) is 0 Å². The molecule has 1 fully saturated rings. The maximum Gasteiger partial charge on any atom is 0.310 e. The fourth-order valence-electron chi connectivity index (χ4n) is 2.24. The molecule has 94 valence electrons. The molecule has 0 aromatic rings. The second kappa shape index (κ2) is 6.89. The van der Waals surface area contributed by atoms with Gasteiger partial charge >= 0.3 is 5.97 Å². The molecule has 2 unspecified atom stereocenters. The molecule has 3 heteroatoms. The van der Waals surface area contributed by atoms with E-state index in [0.717, 1.165) is 38.4 Å². The number of likely N-dealkylation sites (tertiary alicyclic amines) is 1. The van der Waals surface area contributed by atoms with Crippen molar-refractivity contribution in [2.75, 3.05) is 26.2 Å². The van der Waals surface area contributed by atoms with E-state index in [1.54, 1.807) is 0 Å². The standard InChI is InChI=1S/C13H25NO2/c1-4-11(3)9-14-8-6-7-12(10-14)13(15)16-5-2/h11-12H,4-10H2,1-3H3. The normalized spacial score (nSPS) is 24.1. The van der Waals surface area contributed by atoms with Crippen LogP contribution < -0.4 is 0 Å². The summed E-state index contributed by atoms with van der Waals surface area (Å²) < 4.78 is 5.10. The topological polar surface area (TPSA) is 29.5 Å². The number of esters is 1. The quantitative estimate of drug-likeness (QED) is 0.675. The Morgan fingerprint density at radius 3 is 2.88 bits per heavy atom. The fourth-order valence-corrected chi connectivity index (χ4v) is 2.24. The van der Waals surface area contributed by atoms with E-state index >= 15 is 0 Å². The molecule has 1 heterocycles. The maximum atomic E-state index is 11.7. The Morgan fingerprint density at radius 1 is 1.50 bits per heavy atom. The molecular weight excluding hydrogens is 202 g/mol. The lowest BCUT2D eigenvalue weighted by atomic mass is 9.97. The van der Waals surface area contributed by atoms with E-state index in [1.165, 1.54) is 6.42 Å². The highest BCUT2D eigenvalue weighted by Gasteiger charge is 2.26. The summed E-state index contributed by atoms with van der Waals surface area (Å²) in [7, 11) is 0. The second-order valence-corrected chi connectivity index (χ2v) is 4.86. The van der Waals surface area contributed by atoms with Gasteiger partial charge in [-0.1, -0.05) is 20.3 Å². The number of piperidine rings is 1. The van der Waals surface area contributed by atoms with E-state index in [1.807, 2.05) is 6.92 Å². The van der Waals surface area contributed by atoms with E-state index in [4.69, 9.17) is 4.74 Å². The zero-order valence-electron chi connectivity index (χ0n) is 10.9. The average molecular weight is 227 g/mol. The van der Waals surface area contributed by atoms with Crippen LogP contribution in [0.2, 0.25) is 0 Å². The van der Waals surface area contributed by atoms with Crippen LogP contribution in [-0.2, 0) is 9.53 Å². The molecular formula is C13H25NO2. The molecule has 0 aliphatic carbocycles. The Bertz CT molecular complexity index is 218. The third-order valence-electron chi connectivity index (χ3n) is 3.39. The number of carbonyl (C=O) groups excluding carboxylic acids is 1. The molecule has 1 rings (SSSR count). The minimum absolute atomic E-state index is 0.00338. The largest absolute Gasteiger partial charge is 0.466 e. The first-order chi connectivity index (χ1) is 7.67. The highest BCUT2D eigenvalue weighted by molar-refractivity contribution is 5.72. The van der Waals surface area contributed by atoms with Gasteiger partial charge < -0.3 is 9.64 Å². The molecule has 0 spiro atoms. The van der Waals surface area contributed by atoms with E-state index in [0.29, 0.717) is 6.61 Å². The van der Waals surface area contributed by atoms with Crippen LogP contribution in [0.25, 0.3) is 0 Å². The number of ether oxygens (including phenoxy) is 1. The zero-order chi connectivity index (χ0) is 12.0. The number of rotatable bonds is 5. The van der Waals surface area contributed by atoms with Crippen molar-refractivity contribution < 1.29 is 9.53 Å². The van der Waals surface area contributed by atoms with E-state index in [-0.39, 0.29) is 11.9 Å². The lowest BCUT2D eigenvalue weighted by Crippen LogP contribution is -2.41. The van der Waals surface area contributed by atoms with Crippen LogP contribution in [0.3, 0.4) is 0 Å². The first-order valence-electron chi connectivity index (χ1n) is 6.56. The Morgan fingerprint density at radius 2 is 2.25 bits per heavy atom. The second-order valence-electron chi connectivity index (χ2n) is 4.86. The van der Waals surface area contributed by atoms with Crippen LogP contribution in [0, 0.1) is 11.8 Å². The Kier molecular flexibility index (Phi) is 5.81. The van der Waals surface area contributed by atoms with Crippen LogP contribution in [0.15, 0.2) is 0 Å². The van der Waals surface area contributed by atoms with Crippen LogP contribution in [0.4, 0.5) is 0 Å². The van der Waals surface area contributed by atoms with Crippen molar-refractivity contribution >= 4 is 5.97 Å². The predicted octanol–water partition coefficient (Wildman–Crippen LogP) is 2.31. The summed E-state index contributed by atoms with van der Waals surface area (Å²) in [6.45, 7) is 10.0. The molecule has 2 atom stereocenters. The summed E-state index contributed by atoms with van der Waals surface area (Å²) in [4.78, 5) is 14.1. The molecule has 0 bridgehead atoms. The van der Waals surface area contributed by atoms with Gasteiger partial charge in [0, 0.05) is 13.1 Å². The van der Waals surface area contributed by atoms with Gasteiger partial charge in [0.05, 0.1) is 12.5 Å². The lowest BCUT2D eigenvalue weighted by Gasteiger charge is -2.33. The molecule has 0 aromatic heterocycles. The molecule has 0 radical (unpaired) electrons. The van der Waals surface area contributed by atoms with Crippen molar-refractivity contribution in [2.45, 2.75) is 40.0 Å². The van der Waals surface area contributed by atoms with Crippen molar-refractivity contribution in [3.05, 3.63) is 0 Å². The zero-order valence-corrected chi connectivity index (χ0v) is 10.9. The molecule has 0 saturated carbocycles. The van der Waals surface area contributed by atoms with Gasteiger partial charge in [0.2, 0.25) is 0 Å². The van der Waals surface area contributed by atoms with Crippen LogP contribution >= 0.6 is 0 Å². The molecule has 1 saturated heterocycles. The molecule has 0 N–H and O–H groups in total. The average Bonchev–Trinajstić information content (AvgIpc) is 2.29. The van der Waals surface area contributed by atoms with E-state index < -0.39 is 0 Å². The van der Waals surface area contributed by atoms with Gasteiger partial charge in [-0.3, -0.25) is 4.79 Å². The first-order valence-corrected chi connectivity index (χ1v) is 6.56. The number of carbonyl (C=O) groups is 1. The highest BCUT2D eigenvalue weighted by atomic mass is 16.5. The Hall–Kier alpha value is -0.570. The van der Waals surface area contributed by atoms with Gasteiger partial charge in [0.1, 0.15) is 0 Å². The number of nitrogens with zero attached hydrogens (tertiary/aromatic N) is 1. The molecule has 0 amide bonds. The Labute approximate surface area is 99.1 Å². The monoisotopic (exact) mass is 227 g/mol. The predicted molar refractivity (Wildman–Crippen MR) is 65.3 cm³/mol. The summed E-state index contributed by atoms with van der Waals surface area (Å²) in [6, 6.07) is 0. The van der Waals surface area contributed by atoms with Crippen molar-refractivity contribution in [3.63, 3.8) is 0 Å². The number of hydrogen-bond donors (Lipinski definition) is 0. The van der Waals surface area contributed by atoms with E-state index in [9.17, 15) is 4.79 Å². The summed E-state index contributed by atoms with van der Waals surface area (Å²) in [5, 5.41) is 0. The summed E-state index contributed by atoms with van der Waals surface area (Å²) >= 11 is 0. The number of hydrogen-bond acceptors (Lipinski definition) is 3. The molecule has 3 nitrogen and oxygen atoms in total. The summed E-state index contributed by atoms with van der Waals surface area (Å²) in [5.41, 5.74) is 0. The van der Waals surface area contributed by atoms with Gasteiger partial charge in [-0.05, 0) is 32.2 Å². The van der Waals surface area contributed by atoms with Crippen molar-refractivity contribution in [3.8, 4) is 0 Å². The molecule has 16 heavy (non-hydrogen) atoms. The van der Waals surface area contributed by atoms with Crippen molar-refractivity contribution in [1.82, 2.24) is 4.90 Å². The highest BCUT2D eigenvalue weighted by Crippen LogP contribution is 2.19. The van der Waals surface area contributed by atoms with Crippen molar-refractivity contribution in [1.29, 1.82) is 0 Å². The molecule has 1 aliphatic heterocycles. The summed E-state index contributed by atoms with van der Waals surface area (Å²) in [5.74, 6) is 0.829. The van der Waals surface area contributed by atoms with E-state index in [2.05, 4.69) is 18.7 Å². The minimum Gasteiger partial charge on any atom is -0.466 e. The molecule has 0 aromatic carbocycles. The maximum absolute atomic E-state index is 11.7. The van der Waals surface area contributed by atoms with Crippen LogP contribution in [0.5, 0.6) is 0 Å². The third kappa shape index (κ3) is 4.12. The van der Waals surface area contributed by atoms with Gasteiger partial charge in [0.25, 0.3) is 0 Å². The molecule has 1 aliphatic rings. The van der Waals surface area contributed by atoms with Gasteiger partial charge in [-0.2, -0.15) is 0 Å². The Balaban J connectivity index is 2.37.